The Labute approximate surface area is 173 Å². The number of Topliss-reactive ketones (excluding diaryl/α,β-unsaturated/α-hetero) is 3. The van der Waals surface area contributed by atoms with E-state index in [-0.39, 0.29) is 27.1 Å². The number of benzene rings is 2. The Morgan fingerprint density at radius 1 is 0.655 bits per heavy atom. The summed E-state index contributed by atoms with van der Waals surface area (Å²) in [7, 11) is 1.00. The Kier molecular flexibility index (Phi) is 6.98. The van der Waals surface area contributed by atoms with Crippen LogP contribution in [0.1, 0.15) is 31.8 Å². The Balaban J connectivity index is 0.000000191. The molecule has 0 atom stereocenters. The van der Waals surface area contributed by atoms with Crippen LogP contribution in [-0.4, -0.2) is 45.6 Å². The number of carbonyl (C=O) groups excluding carboxylic acids is 4. The van der Waals surface area contributed by atoms with Crippen molar-refractivity contribution in [3.63, 3.8) is 0 Å². The topological polar surface area (TPSA) is 129 Å². The number of fused-ring (bicyclic) bond motifs is 2. The summed E-state index contributed by atoms with van der Waals surface area (Å²) in [6.45, 7) is 0. The summed E-state index contributed by atoms with van der Waals surface area (Å²) in [5.41, 5.74) is 1.33. The zero-order valence-corrected chi connectivity index (χ0v) is 16.6. The molecule has 0 bridgehead atoms. The molecule has 4 rings (SSSR count). The van der Waals surface area contributed by atoms with Gasteiger partial charge in [0.15, 0.2) is 0 Å². The Morgan fingerprint density at radius 2 is 1.10 bits per heavy atom. The van der Waals surface area contributed by atoms with E-state index in [1.807, 2.05) is 0 Å². The first-order chi connectivity index (χ1) is 13.8. The minimum atomic E-state index is -0.707. The molecule has 0 fully saturated rings. The lowest BCUT2D eigenvalue weighted by molar-refractivity contribution is -0.111. The van der Waals surface area contributed by atoms with Crippen LogP contribution in [0.2, 0.25) is 0 Å². The molecule has 148 valence electrons. The first kappa shape index (κ1) is 21.9. The molecule has 7 nitrogen and oxygen atoms in total. The van der Waals surface area contributed by atoms with Gasteiger partial charge in [-0.05, 0) is 15.9 Å². The van der Waals surface area contributed by atoms with Crippen LogP contribution in [0.15, 0.2) is 59.1 Å². The van der Waals surface area contributed by atoms with Gasteiger partial charge in [0.1, 0.15) is 16.0 Å². The van der Waals surface area contributed by atoms with E-state index in [1.54, 1.807) is 36.4 Å². The van der Waals surface area contributed by atoms with Gasteiger partial charge < -0.3 is 15.3 Å². The van der Waals surface area contributed by atoms with Crippen molar-refractivity contribution >= 4 is 50.6 Å². The second kappa shape index (κ2) is 9.22. The van der Waals surface area contributed by atoms with Gasteiger partial charge in [0.25, 0.3) is 0 Å². The summed E-state index contributed by atoms with van der Waals surface area (Å²) >= 11 is 2.89. The fourth-order valence-electron chi connectivity index (χ4n) is 2.64. The Bertz CT molecular complexity index is 1080. The molecule has 0 heterocycles. The highest BCUT2D eigenvalue weighted by molar-refractivity contribution is 9.12. The maximum absolute atomic E-state index is 11.4. The first-order valence-electron chi connectivity index (χ1n) is 8.13. The molecule has 0 aliphatic heterocycles. The number of rotatable bonds is 0. The van der Waals surface area contributed by atoms with E-state index < -0.39 is 23.1 Å². The lowest BCUT2D eigenvalue weighted by Gasteiger charge is -2.13. The fraction of sp³-hybridized carbons (Fsp3) is 0.0476. The van der Waals surface area contributed by atoms with Gasteiger partial charge in [0.2, 0.25) is 23.1 Å². The largest absolute Gasteiger partial charge is 0.507 e. The van der Waals surface area contributed by atoms with E-state index in [0.29, 0.717) is 11.1 Å². The van der Waals surface area contributed by atoms with Crippen LogP contribution in [-0.2, 0) is 9.59 Å². The molecule has 8 heteroatoms. The summed E-state index contributed by atoms with van der Waals surface area (Å²) in [5.74, 6) is -2.85. The van der Waals surface area contributed by atoms with Crippen molar-refractivity contribution < 1.29 is 34.5 Å². The van der Waals surface area contributed by atoms with E-state index in [9.17, 15) is 29.4 Å². The molecule has 3 N–H and O–H groups in total. The molecule has 0 spiro atoms. The number of carbonyl (C=O) groups is 4. The van der Waals surface area contributed by atoms with Crippen LogP contribution in [0, 0.1) is 0 Å². The van der Waals surface area contributed by atoms with Crippen LogP contribution in [0.4, 0.5) is 0 Å². The SMILES string of the molecule is CO.O=C1C(=O)c2ccccc2C(O)=C1Br.O=C1C=C(O)c2ccccc2C1=O. The zero-order valence-electron chi connectivity index (χ0n) is 15.0. The predicted octanol–water partition coefficient (Wildman–Crippen LogP) is 3.03. The van der Waals surface area contributed by atoms with Crippen LogP contribution >= 0.6 is 15.9 Å². The smallest absolute Gasteiger partial charge is 0.244 e. The van der Waals surface area contributed by atoms with Gasteiger partial charge in [0.05, 0.1) is 0 Å². The maximum atomic E-state index is 11.4. The van der Waals surface area contributed by atoms with E-state index in [4.69, 9.17) is 5.11 Å². The third-order valence-electron chi connectivity index (χ3n) is 3.98. The molecule has 0 unspecified atom stereocenters. The number of aliphatic hydroxyl groups is 3. The number of allylic oxidation sites excluding steroid dienone is 2. The molecule has 2 aromatic rings. The number of halogens is 1. The van der Waals surface area contributed by atoms with Crippen molar-refractivity contribution in [1.29, 1.82) is 0 Å². The molecule has 29 heavy (non-hydrogen) atoms. The molecule has 2 aliphatic carbocycles. The molecule has 2 aromatic carbocycles. The second-order valence-corrected chi connectivity index (χ2v) is 6.43. The lowest BCUT2D eigenvalue weighted by Crippen LogP contribution is -2.21. The van der Waals surface area contributed by atoms with Gasteiger partial charge in [-0.2, -0.15) is 0 Å². The molecule has 0 aromatic heterocycles. The standard InChI is InChI=1S/C10H5BrO3.C10H6O3.CH4O/c11-7-8(12)5-3-1-2-4-6(5)9(13)10(7)14;11-8-5-9(12)10(13)7-4-2-1-3-6(7)8;1-2/h1-4,12H;1-5,11H;2H,1H3. The number of ketones is 4. The fourth-order valence-corrected chi connectivity index (χ4v) is 3.03. The molecule has 0 saturated heterocycles. The van der Waals surface area contributed by atoms with Crippen molar-refractivity contribution in [3.8, 4) is 0 Å². The summed E-state index contributed by atoms with van der Waals surface area (Å²) in [5, 5.41) is 25.9. The Hall–Kier alpha value is -3.36. The second-order valence-electron chi connectivity index (χ2n) is 5.63. The van der Waals surface area contributed by atoms with E-state index >= 15 is 0 Å². The van der Waals surface area contributed by atoms with Crippen molar-refractivity contribution in [3.05, 3.63) is 81.3 Å². The van der Waals surface area contributed by atoms with Crippen molar-refractivity contribution in [2.45, 2.75) is 0 Å². The number of hydrogen-bond donors (Lipinski definition) is 3. The van der Waals surface area contributed by atoms with E-state index in [1.165, 1.54) is 12.1 Å². The molecule has 0 saturated carbocycles. The Morgan fingerprint density at radius 3 is 1.66 bits per heavy atom. The van der Waals surface area contributed by atoms with Crippen LogP contribution in [0.3, 0.4) is 0 Å². The average molecular weight is 459 g/mol. The van der Waals surface area contributed by atoms with Gasteiger partial charge in [-0.15, -0.1) is 0 Å². The quantitative estimate of drug-likeness (QED) is 0.517. The monoisotopic (exact) mass is 458 g/mol. The molecule has 0 amide bonds. The van der Waals surface area contributed by atoms with Gasteiger partial charge in [0, 0.05) is 35.4 Å². The zero-order chi connectivity index (χ0) is 21.7. The van der Waals surface area contributed by atoms with E-state index in [0.717, 1.165) is 13.2 Å². The van der Waals surface area contributed by atoms with Gasteiger partial charge in [-0.3, -0.25) is 19.2 Å². The molecular formula is C21H15BrO7. The minimum Gasteiger partial charge on any atom is -0.507 e. The summed E-state index contributed by atoms with van der Waals surface area (Å²) < 4.78 is -0.0683. The van der Waals surface area contributed by atoms with Crippen molar-refractivity contribution in [2.75, 3.05) is 7.11 Å². The summed E-state index contributed by atoms with van der Waals surface area (Å²) in [6.07, 6.45) is 0.949. The lowest BCUT2D eigenvalue weighted by atomic mass is 9.94. The third-order valence-corrected chi connectivity index (χ3v) is 4.72. The number of hydrogen-bond acceptors (Lipinski definition) is 7. The van der Waals surface area contributed by atoms with Crippen LogP contribution in [0.5, 0.6) is 0 Å². The third kappa shape index (κ3) is 4.23. The highest BCUT2D eigenvalue weighted by atomic mass is 79.9. The highest BCUT2D eigenvalue weighted by Crippen LogP contribution is 2.30. The average Bonchev–Trinajstić information content (AvgIpc) is 2.76. The maximum Gasteiger partial charge on any atom is 0.244 e. The number of aliphatic hydroxyl groups excluding tert-OH is 3. The van der Waals surface area contributed by atoms with Crippen LogP contribution in [0.25, 0.3) is 11.5 Å². The van der Waals surface area contributed by atoms with Gasteiger partial charge in [-0.1, -0.05) is 48.5 Å². The van der Waals surface area contributed by atoms with E-state index in [2.05, 4.69) is 15.9 Å². The van der Waals surface area contributed by atoms with Crippen molar-refractivity contribution in [2.24, 2.45) is 0 Å². The highest BCUT2D eigenvalue weighted by Gasteiger charge is 2.31. The molecule has 2 aliphatic rings. The van der Waals surface area contributed by atoms with Gasteiger partial charge in [-0.25, -0.2) is 0 Å². The molecular weight excluding hydrogens is 444 g/mol. The van der Waals surface area contributed by atoms with Crippen LogP contribution < -0.4 is 0 Å². The first-order valence-corrected chi connectivity index (χ1v) is 8.92. The summed E-state index contributed by atoms with van der Waals surface area (Å²) in [6, 6.07) is 12.9. The minimum absolute atomic E-state index is 0.0683. The summed E-state index contributed by atoms with van der Waals surface area (Å²) in [4.78, 5) is 45.0. The van der Waals surface area contributed by atoms with Crippen molar-refractivity contribution in [1.82, 2.24) is 0 Å². The normalized spacial score (nSPS) is 14.7. The van der Waals surface area contributed by atoms with Gasteiger partial charge >= 0.3 is 0 Å². The molecule has 0 radical (unpaired) electrons. The predicted molar refractivity (Wildman–Crippen MR) is 109 cm³/mol.